The van der Waals surface area contributed by atoms with Crippen molar-refractivity contribution in [1.29, 1.82) is 0 Å². The average molecular weight is 1330 g/mol. The minimum Gasteiger partial charge on any atom is -0.463 e. The first-order valence-corrected chi connectivity index (χ1v) is 36.5. The lowest BCUT2D eigenvalue weighted by molar-refractivity contribution is -0.360. The number of aliphatic hydroxyl groups excluding tert-OH is 10. The van der Waals surface area contributed by atoms with Crippen LogP contribution in [0, 0.1) is 0 Å². The van der Waals surface area contributed by atoms with E-state index in [2.05, 4.69) is 32.9 Å². The van der Waals surface area contributed by atoms with Gasteiger partial charge in [-0.2, -0.15) is 0 Å². The van der Waals surface area contributed by atoms with Gasteiger partial charge in [0.2, 0.25) is 0 Å². The molecule has 0 bridgehead atoms. The molecule has 0 radical (unpaired) electrons. The van der Waals surface area contributed by atoms with E-state index >= 15 is 0 Å². The number of carbonyl (C=O) groups excluding carboxylic acids is 3. The van der Waals surface area contributed by atoms with E-state index in [1.54, 1.807) is 0 Å². The van der Waals surface area contributed by atoms with Gasteiger partial charge in [-0.15, -0.1) is 0 Å². The largest absolute Gasteiger partial charge is 0.472 e. The molecule has 0 aromatic carbocycles. The Morgan fingerprint density at radius 2 is 0.769 bits per heavy atom. The van der Waals surface area contributed by atoms with E-state index in [1.165, 1.54) is 103 Å². The lowest BCUT2D eigenvalue weighted by Crippen LogP contribution is -2.69. The van der Waals surface area contributed by atoms with Crippen molar-refractivity contribution in [3.05, 3.63) is 12.2 Å². The predicted octanol–water partition coefficient (Wildman–Crippen LogP) is 8.01. The van der Waals surface area contributed by atoms with E-state index < -0.39 is 156 Å². The van der Waals surface area contributed by atoms with E-state index in [4.69, 9.17) is 42.2 Å². The number of rotatable bonds is 53. The number of phosphoric acid groups is 1. The Morgan fingerprint density at radius 1 is 0.418 bits per heavy atom. The van der Waals surface area contributed by atoms with Crippen LogP contribution < -0.4 is 0 Å². The molecule has 11 N–H and O–H groups in total. The van der Waals surface area contributed by atoms with Crippen LogP contribution in [0.4, 0.5) is 0 Å². The smallest absolute Gasteiger partial charge is 0.463 e. The summed E-state index contributed by atoms with van der Waals surface area (Å²) >= 11 is 0. The van der Waals surface area contributed by atoms with E-state index in [9.17, 15) is 74.9 Å². The summed E-state index contributed by atoms with van der Waals surface area (Å²) in [5, 5.41) is 110. The van der Waals surface area contributed by atoms with Crippen LogP contribution in [0.2, 0.25) is 0 Å². The van der Waals surface area contributed by atoms with Crippen LogP contribution >= 0.6 is 7.82 Å². The van der Waals surface area contributed by atoms with Gasteiger partial charge >= 0.3 is 25.7 Å². The van der Waals surface area contributed by atoms with E-state index in [0.717, 1.165) is 96.3 Å². The van der Waals surface area contributed by atoms with Gasteiger partial charge < -0.3 is 89.1 Å². The molecular weight excluding hydrogens is 1210 g/mol. The predicted molar refractivity (Wildman–Crippen MR) is 338 cm³/mol. The Morgan fingerprint density at radius 3 is 1.20 bits per heavy atom. The number of phosphoric ester groups is 1. The summed E-state index contributed by atoms with van der Waals surface area (Å²) in [5.41, 5.74) is 0. The van der Waals surface area contributed by atoms with Crippen molar-refractivity contribution >= 4 is 25.7 Å². The van der Waals surface area contributed by atoms with Crippen molar-refractivity contribution < 1.29 is 117 Å². The van der Waals surface area contributed by atoms with Crippen LogP contribution in [0.1, 0.15) is 258 Å². The van der Waals surface area contributed by atoms with Crippen LogP contribution in [0.5, 0.6) is 0 Å². The molecule has 18 atom stereocenters. The number of hydrogen-bond donors (Lipinski definition) is 11. The normalized spacial score (nSPS) is 28.9. The third kappa shape index (κ3) is 33.5. The highest BCUT2D eigenvalue weighted by Crippen LogP contribution is 2.49. The fraction of sp³-hybridized carbons (Fsp3) is 0.924. The van der Waals surface area contributed by atoms with Gasteiger partial charge in [-0.05, 0) is 44.9 Å². The minimum atomic E-state index is -5.69. The Balaban J connectivity index is 1.77. The molecule has 2 heterocycles. The highest BCUT2D eigenvalue weighted by atomic mass is 31.2. The molecule has 1 saturated carbocycles. The van der Waals surface area contributed by atoms with Crippen molar-refractivity contribution in [2.45, 2.75) is 362 Å². The lowest BCUT2D eigenvalue weighted by atomic mass is 9.84. The number of carbonyl (C=O) groups is 3. The van der Waals surface area contributed by atoms with Gasteiger partial charge in [0.1, 0.15) is 98.7 Å². The Kier molecular flexibility index (Phi) is 44.9. The fourth-order valence-corrected chi connectivity index (χ4v) is 12.5. The molecular formula is C66H121O24P. The quantitative estimate of drug-likeness (QED) is 0.00902. The number of unbranched alkanes of at least 4 members (excludes halogenated alkanes) is 30. The van der Waals surface area contributed by atoms with Crippen molar-refractivity contribution in [2.75, 3.05) is 26.4 Å². The molecule has 3 aliphatic rings. The zero-order valence-corrected chi connectivity index (χ0v) is 56.0. The number of aliphatic hydroxyl groups is 10. The number of hydrogen-bond acceptors (Lipinski definition) is 23. The molecule has 0 aromatic rings. The van der Waals surface area contributed by atoms with Gasteiger partial charge in [0.25, 0.3) is 0 Å². The maximum atomic E-state index is 14.3. The van der Waals surface area contributed by atoms with Crippen molar-refractivity contribution in [2.24, 2.45) is 0 Å². The first-order chi connectivity index (χ1) is 43.8. The maximum Gasteiger partial charge on any atom is 0.472 e. The zero-order valence-electron chi connectivity index (χ0n) is 55.1. The Hall–Kier alpha value is -2.30. The number of esters is 3. The van der Waals surface area contributed by atoms with E-state index in [-0.39, 0.29) is 19.3 Å². The van der Waals surface area contributed by atoms with Crippen molar-refractivity contribution in [3.63, 3.8) is 0 Å². The third-order valence-electron chi connectivity index (χ3n) is 17.3. The molecule has 91 heavy (non-hydrogen) atoms. The van der Waals surface area contributed by atoms with Crippen LogP contribution in [0.15, 0.2) is 12.2 Å². The van der Waals surface area contributed by atoms with E-state index in [0.29, 0.717) is 19.3 Å². The summed E-state index contributed by atoms with van der Waals surface area (Å²) in [4.78, 5) is 50.7. The van der Waals surface area contributed by atoms with Crippen LogP contribution in [-0.2, 0) is 61.2 Å². The van der Waals surface area contributed by atoms with Crippen molar-refractivity contribution in [1.82, 2.24) is 0 Å². The molecule has 18 unspecified atom stereocenters. The first-order valence-electron chi connectivity index (χ1n) is 35.0. The standard InChI is InChI=1S/C66H121O24P/c1-4-7-10-13-16-19-22-24-27-29-32-35-38-41-51(69)83-46-49-54(72)56(74)61(79)66(87-49)89-63-59(77)57(75)58(76)62(88-65-60(78)55(73)53(71)48(43-67)86-65)64(63)90-91(80,81)84-45-47(44-82-50(68)40-37-34-31-28-25-21-18-15-12-9-6-3)85-52(70)42-39-36-33-30-26-23-20-17-14-11-8-5-2/h24,27,47-49,53-67,71-79H,4-23,25-26,28-46H2,1-3H3,(H,80,81)/b27-24-. The van der Waals surface area contributed by atoms with Crippen LogP contribution in [0.3, 0.4) is 0 Å². The second-order valence-corrected chi connectivity index (χ2v) is 26.7. The molecule has 0 amide bonds. The summed E-state index contributed by atoms with van der Waals surface area (Å²) in [6.07, 6.45) is 4.68. The summed E-state index contributed by atoms with van der Waals surface area (Å²) in [6.45, 7) is 3.38. The highest BCUT2D eigenvalue weighted by molar-refractivity contribution is 7.47. The Bertz CT molecular complexity index is 1950. The van der Waals surface area contributed by atoms with Crippen molar-refractivity contribution in [3.8, 4) is 0 Å². The average Bonchev–Trinajstić information content (AvgIpc) is 0.807. The summed E-state index contributed by atoms with van der Waals surface area (Å²) in [7, 11) is -5.69. The number of ether oxygens (including phenoxy) is 7. The molecule has 0 spiro atoms. The minimum absolute atomic E-state index is 0.00922. The van der Waals surface area contributed by atoms with Crippen LogP contribution in [0.25, 0.3) is 0 Å². The Labute approximate surface area is 542 Å². The van der Waals surface area contributed by atoms with Gasteiger partial charge in [0.15, 0.2) is 18.7 Å². The molecule has 24 nitrogen and oxygen atoms in total. The molecule has 25 heteroatoms. The lowest BCUT2D eigenvalue weighted by Gasteiger charge is -2.49. The van der Waals surface area contributed by atoms with Gasteiger partial charge in [-0.25, -0.2) is 4.57 Å². The maximum absolute atomic E-state index is 14.3. The number of allylic oxidation sites excluding steroid dienone is 2. The fourth-order valence-electron chi connectivity index (χ4n) is 11.5. The molecule has 3 fully saturated rings. The molecule has 1 aliphatic carbocycles. The monoisotopic (exact) mass is 1330 g/mol. The first kappa shape index (κ1) is 82.9. The summed E-state index contributed by atoms with van der Waals surface area (Å²) in [5.74, 6) is -2.00. The SMILES string of the molecule is CCCCCCCC/C=C\CCCCCC(=O)OCC1OC(OC2C(O)C(O)C(O)C(OC3OC(CO)C(O)C(O)C3O)C2OP(=O)(O)OCC(COC(=O)CCCCCCCCCCCCC)OC(=O)CCCCCCCCCCCCCC)C(O)C(O)C1O. The van der Waals surface area contributed by atoms with Gasteiger partial charge in [0.05, 0.1) is 13.2 Å². The van der Waals surface area contributed by atoms with E-state index in [1.807, 2.05) is 0 Å². The molecule has 534 valence electrons. The van der Waals surface area contributed by atoms with Gasteiger partial charge in [-0.1, -0.05) is 206 Å². The molecule has 2 saturated heterocycles. The highest BCUT2D eigenvalue weighted by Gasteiger charge is 2.58. The second kappa shape index (κ2) is 49.2. The molecule has 3 rings (SSSR count). The third-order valence-corrected chi connectivity index (χ3v) is 18.3. The zero-order chi connectivity index (χ0) is 66.8. The molecule has 0 aromatic heterocycles. The van der Waals surface area contributed by atoms with Crippen LogP contribution in [-0.4, -0.2) is 204 Å². The summed E-state index contributed by atoms with van der Waals surface area (Å²) in [6, 6.07) is 0. The topological polar surface area (TPSA) is 374 Å². The summed E-state index contributed by atoms with van der Waals surface area (Å²) < 4.78 is 64.7. The molecule has 2 aliphatic heterocycles. The van der Waals surface area contributed by atoms with Gasteiger partial charge in [-0.3, -0.25) is 23.4 Å². The second-order valence-electron chi connectivity index (χ2n) is 25.2. The van der Waals surface area contributed by atoms with Gasteiger partial charge in [0, 0.05) is 19.3 Å².